The third-order valence-electron chi connectivity index (χ3n) is 5.34. The Balaban J connectivity index is 1.33. The molecule has 174 valence electrons. The molecule has 6 rings (SSSR count). The molecule has 0 radical (unpaired) electrons. The first-order valence-electron chi connectivity index (χ1n) is 11.1. The largest absolute Gasteiger partial charge is 0.264 e. The summed E-state index contributed by atoms with van der Waals surface area (Å²) in [5.41, 5.74) is 6.27. The Kier molecular flexibility index (Phi) is 6.91. The van der Waals surface area contributed by atoms with Crippen molar-refractivity contribution in [3.8, 4) is 43.4 Å². The molecule has 0 amide bonds. The van der Waals surface area contributed by atoms with E-state index in [0.29, 0.717) is 0 Å². The van der Waals surface area contributed by atoms with Crippen LogP contribution < -0.4 is 0 Å². The summed E-state index contributed by atoms with van der Waals surface area (Å²) < 4.78 is 1.97. The van der Waals surface area contributed by atoms with E-state index in [1.165, 1.54) is 0 Å². The summed E-state index contributed by atoms with van der Waals surface area (Å²) in [6, 6.07) is 28.8. The summed E-state index contributed by atoms with van der Waals surface area (Å²) >= 11 is 3.40. The molecule has 2 aromatic carbocycles. The number of benzene rings is 2. The highest BCUT2D eigenvalue weighted by Gasteiger charge is 2.19. The Hall–Kier alpha value is -3.30. The summed E-state index contributed by atoms with van der Waals surface area (Å²) in [5.74, 6) is 0. The number of pyridine rings is 2. The van der Waals surface area contributed by atoms with Crippen molar-refractivity contribution in [1.82, 2.24) is 19.9 Å². The highest BCUT2D eigenvalue weighted by atomic mass is 33.1. The first-order valence-corrected chi connectivity index (χ1v) is 14.9. The third kappa shape index (κ3) is 4.99. The second-order valence-corrected chi connectivity index (χ2v) is 12.3. The Bertz CT molecular complexity index is 1330. The number of nitrogens with zero attached hydrogens (tertiary/aromatic N) is 4. The van der Waals surface area contributed by atoms with Crippen molar-refractivity contribution in [2.24, 2.45) is 0 Å². The number of thiazole rings is 2. The summed E-state index contributed by atoms with van der Waals surface area (Å²) in [5, 5.41) is 0. The number of aromatic nitrogens is 4. The van der Waals surface area contributed by atoms with Gasteiger partial charge in [0, 0.05) is 35.9 Å². The van der Waals surface area contributed by atoms with Gasteiger partial charge in [0.25, 0.3) is 0 Å². The SMILES string of the molecule is c1ccc(-c2sc(SSc3nc(-c4cccnc4)c(-c4ccccc4)s3)nc2-c2cccnc2)cc1. The molecule has 0 N–H and O–H groups in total. The van der Waals surface area contributed by atoms with Gasteiger partial charge >= 0.3 is 0 Å². The fourth-order valence-electron chi connectivity index (χ4n) is 3.71. The van der Waals surface area contributed by atoms with E-state index < -0.39 is 0 Å². The van der Waals surface area contributed by atoms with E-state index in [-0.39, 0.29) is 0 Å². The van der Waals surface area contributed by atoms with E-state index in [0.717, 1.165) is 52.1 Å². The van der Waals surface area contributed by atoms with Crippen molar-refractivity contribution in [3.63, 3.8) is 0 Å². The van der Waals surface area contributed by atoms with Crippen LogP contribution in [0.4, 0.5) is 0 Å². The van der Waals surface area contributed by atoms with Crippen LogP contribution in [0.15, 0.2) is 118 Å². The highest BCUT2D eigenvalue weighted by molar-refractivity contribution is 8.77. The molecular formula is C28H18N4S4. The van der Waals surface area contributed by atoms with Crippen molar-refractivity contribution in [2.75, 3.05) is 0 Å². The molecule has 0 atom stereocenters. The van der Waals surface area contributed by atoms with Crippen molar-refractivity contribution in [3.05, 3.63) is 110 Å². The molecular weight excluding hydrogens is 521 g/mol. The lowest BCUT2D eigenvalue weighted by Gasteiger charge is -2.01. The number of rotatable bonds is 7. The van der Waals surface area contributed by atoms with Crippen molar-refractivity contribution in [2.45, 2.75) is 8.68 Å². The Morgan fingerprint density at radius 3 is 1.28 bits per heavy atom. The molecule has 0 unspecified atom stereocenters. The van der Waals surface area contributed by atoms with Crippen LogP contribution in [0.2, 0.25) is 0 Å². The van der Waals surface area contributed by atoms with Crippen molar-refractivity contribution < 1.29 is 0 Å². The standard InChI is InChI=1S/C28H18N4S4/c1-3-9-19(10-4-1)25-23(21-13-7-15-29-17-21)31-27(33-25)35-36-28-32-24(22-14-8-16-30-18-22)26(34-28)20-11-5-2-6-12-20/h1-18H. The van der Waals surface area contributed by atoms with Gasteiger partial charge in [-0.2, -0.15) is 0 Å². The van der Waals surface area contributed by atoms with Gasteiger partial charge < -0.3 is 0 Å². The van der Waals surface area contributed by atoms with E-state index in [9.17, 15) is 0 Å². The average molecular weight is 539 g/mol. The van der Waals surface area contributed by atoms with Crippen LogP contribution in [0.25, 0.3) is 43.4 Å². The van der Waals surface area contributed by atoms with Gasteiger partial charge in [-0.3, -0.25) is 9.97 Å². The zero-order chi connectivity index (χ0) is 24.2. The topological polar surface area (TPSA) is 51.6 Å². The maximum Gasteiger partial charge on any atom is 0.162 e. The number of hydrogen-bond donors (Lipinski definition) is 0. The fourth-order valence-corrected chi connectivity index (χ4v) is 8.41. The normalized spacial score (nSPS) is 11.0. The number of hydrogen-bond acceptors (Lipinski definition) is 8. The molecule has 4 heterocycles. The minimum absolute atomic E-state index is 0.961. The quantitative estimate of drug-likeness (QED) is 0.189. The van der Waals surface area contributed by atoms with Crippen LogP contribution in [0.5, 0.6) is 0 Å². The minimum Gasteiger partial charge on any atom is -0.264 e. The predicted molar refractivity (Wildman–Crippen MR) is 153 cm³/mol. The first kappa shape index (κ1) is 23.1. The molecule has 4 aromatic heterocycles. The molecule has 6 aromatic rings. The van der Waals surface area contributed by atoms with E-state index in [4.69, 9.17) is 9.97 Å². The monoisotopic (exact) mass is 538 g/mol. The molecule has 36 heavy (non-hydrogen) atoms. The molecule has 0 aliphatic carbocycles. The first-order chi connectivity index (χ1) is 17.8. The third-order valence-corrected chi connectivity index (χ3v) is 10.5. The summed E-state index contributed by atoms with van der Waals surface area (Å²) in [6.45, 7) is 0. The van der Waals surface area contributed by atoms with Gasteiger partial charge in [-0.15, -0.1) is 22.7 Å². The second-order valence-electron chi connectivity index (χ2n) is 7.70. The predicted octanol–water partition coefficient (Wildman–Crippen LogP) is 8.86. The van der Waals surface area contributed by atoms with Crippen LogP contribution in [-0.2, 0) is 0 Å². The summed E-state index contributed by atoms with van der Waals surface area (Å²) in [6.07, 6.45) is 7.32. The van der Waals surface area contributed by atoms with Gasteiger partial charge in [0.05, 0.1) is 21.1 Å². The lowest BCUT2D eigenvalue weighted by atomic mass is 10.1. The lowest BCUT2D eigenvalue weighted by molar-refractivity contribution is 1.24. The van der Waals surface area contributed by atoms with Crippen molar-refractivity contribution in [1.29, 1.82) is 0 Å². The van der Waals surface area contributed by atoms with Crippen LogP contribution in [0.1, 0.15) is 0 Å². The van der Waals surface area contributed by atoms with Crippen LogP contribution in [0, 0.1) is 0 Å². The molecule has 0 aliphatic heterocycles. The van der Waals surface area contributed by atoms with Crippen LogP contribution >= 0.6 is 44.3 Å². The Labute approximate surface area is 225 Å². The maximum atomic E-state index is 5.00. The van der Waals surface area contributed by atoms with Crippen LogP contribution in [-0.4, -0.2) is 19.9 Å². The van der Waals surface area contributed by atoms with Gasteiger partial charge in [-0.25, -0.2) is 9.97 Å². The zero-order valence-corrected chi connectivity index (χ0v) is 22.1. The maximum absolute atomic E-state index is 5.00. The average Bonchev–Trinajstić information content (AvgIpc) is 3.59. The smallest absolute Gasteiger partial charge is 0.162 e. The van der Waals surface area contributed by atoms with E-state index in [1.54, 1.807) is 56.7 Å². The zero-order valence-electron chi connectivity index (χ0n) is 18.8. The molecule has 0 spiro atoms. The molecule has 0 saturated carbocycles. The van der Waals surface area contributed by atoms with Crippen molar-refractivity contribution >= 4 is 44.3 Å². The van der Waals surface area contributed by atoms with E-state index in [2.05, 4.69) is 70.6 Å². The summed E-state index contributed by atoms with van der Waals surface area (Å²) in [7, 11) is 3.29. The van der Waals surface area contributed by atoms with E-state index in [1.807, 2.05) is 36.7 Å². The van der Waals surface area contributed by atoms with Gasteiger partial charge in [-0.1, -0.05) is 60.7 Å². The molecule has 4 nitrogen and oxygen atoms in total. The van der Waals surface area contributed by atoms with Gasteiger partial charge in [-0.05, 0) is 57.0 Å². The van der Waals surface area contributed by atoms with Gasteiger partial charge in [0.2, 0.25) is 0 Å². The second kappa shape index (κ2) is 10.8. The lowest BCUT2D eigenvalue weighted by Crippen LogP contribution is -1.83. The molecule has 0 aliphatic rings. The molecule has 0 fully saturated rings. The minimum atomic E-state index is 0.961. The molecule has 0 saturated heterocycles. The fraction of sp³-hybridized carbons (Fsp3) is 0. The summed E-state index contributed by atoms with van der Waals surface area (Å²) in [4.78, 5) is 20.9. The van der Waals surface area contributed by atoms with E-state index >= 15 is 0 Å². The van der Waals surface area contributed by atoms with Gasteiger partial charge in [0.1, 0.15) is 0 Å². The molecule has 8 heteroatoms. The Morgan fingerprint density at radius 1 is 0.472 bits per heavy atom. The Morgan fingerprint density at radius 2 is 0.889 bits per heavy atom. The van der Waals surface area contributed by atoms with Gasteiger partial charge in [0.15, 0.2) is 8.68 Å². The van der Waals surface area contributed by atoms with Crippen LogP contribution in [0.3, 0.4) is 0 Å². The molecule has 0 bridgehead atoms. The highest BCUT2D eigenvalue weighted by Crippen LogP contribution is 2.48.